The lowest BCUT2D eigenvalue weighted by Crippen LogP contribution is -2.45. The van der Waals surface area contributed by atoms with Gasteiger partial charge in [-0.3, -0.25) is 4.99 Å². The van der Waals surface area contributed by atoms with E-state index >= 15 is 0 Å². The lowest BCUT2D eigenvalue weighted by atomic mass is 10.2. The highest BCUT2D eigenvalue weighted by Crippen LogP contribution is 2.16. The molecule has 1 fully saturated rings. The Labute approximate surface area is 150 Å². The summed E-state index contributed by atoms with van der Waals surface area (Å²) < 4.78 is 1.11. The number of rotatable bonds is 3. The third-order valence-corrected chi connectivity index (χ3v) is 4.84. The molecule has 1 unspecified atom stereocenters. The first-order valence-electron chi connectivity index (χ1n) is 6.57. The Balaban J connectivity index is 0.00000200. The molecule has 3 nitrogen and oxygen atoms in total. The molecule has 1 aliphatic heterocycles. The summed E-state index contributed by atoms with van der Waals surface area (Å²) in [6, 6.07) is 8.90. The Bertz CT molecular complexity index is 419. The van der Waals surface area contributed by atoms with Gasteiger partial charge in [0.1, 0.15) is 0 Å². The van der Waals surface area contributed by atoms with Crippen molar-refractivity contribution >= 4 is 57.6 Å². The standard InChI is InChI=1S/C14H20BrN3S.HI/c1-16-14(18-13-3-2-8-19-10-13)17-9-11-4-6-12(15)7-5-11;/h4-7,13H,2-3,8-10H2,1H3,(H2,16,17,18);1H. The zero-order chi connectivity index (χ0) is 13.5. The van der Waals surface area contributed by atoms with Crippen LogP contribution in [0, 0.1) is 0 Å². The van der Waals surface area contributed by atoms with Gasteiger partial charge < -0.3 is 10.6 Å². The molecule has 112 valence electrons. The Morgan fingerprint density at radius 2 is 2.15 bits per heavy atom. The number of halogens is 2. The second kappa shape index (κ2) is 9.89. The summed E-state index contributed by atoms with van der Waals surface area (Å²) in [5.41, 5.74) is 1.25. The Morgan fingerprint density at radius 3 is 2.75 bits per heavy atom. The van der Waals surface area contributed by atoms with Crippen LogP contribution in [0.5, 0.6) is 0 Å². The van der Waals surface area contributed by atoms with Crippen LogP contribution < -0.4 is 10.6 Å². The van der Waals surface area contributed by atoms with Crippen LogP contribution in [-0.4, -0.2) is 30.6 Å². The molecule has 1 aliphatic rings. The first-order chi connectivity index (χ1) is 9.28. The molecule has 0 aliphatic carbocycles. The maximum Gasteiger partial charge on any atom is 0.191 e. The minimum absolute atomic E-state index is 0. The van der Waals surface area contributed by atoms with Crippen molar-refractivity contribution in [1.82, 2.24) is 10.6 Å². The van der Waals surface area contributed by atoms with Gasteiger partial charge in [-0.05, 0) is 36.3 Å². The van der Waals surface area contributed by atoms with Crippen molar-refractivity contribution in [3.63, 3.8) is 0 Å². The molecule has 0 aromatic heterocycles. The predicted molar refractivity (Wildman–Crippen MR) is 103 cm³/mol. The van der Waals surface area contributed by atoms with Gasteiger partial charge in [-0.2, -0.15) is 11.8 Å². The summed E-state index contributed by atoms with van der Waals surface area (Å²) in [6.45, 7) is 0.798. The van der Waals surface area contributed by atoms with Gasteiger partial charge in [-0.1, -0.05) is 28.1 Å². The fourth-order valence-electron chi connectivity index (χ4n) is 2.03. The Kier molecular flexibility index (Phi) is 8.95. The molecule has 0 radical (unpaired) electrons. The number of hydrogen-bond acceptors (Lipinski definition) is 2. The smallest absolute Gasteiger partial charge is 0.191 e. The molecule has 0 spiro atoms. The highest BCUT2D eigenvalue weighted by molar-refractivity contribution is 14.0. The second-order valence-corrected chi connectivity index (χ2v) is 6.68. The number of nitrogens with zero attached hydrogens (tertiary/aromatic N) is 1. The number of hydrogen-bond donors (Lipinski definition) is 2. The largest absolute Gasteiger partial charge is 0.353 e. The van der Waals surface area contributed by atoms with Crippen LogP contribution in [0.1, 0.15) is 18.4 Å². The van der Waals surface area contributed by atoms with Crippen LogP contribution in [0.2, 0.25) is 0 Å². The van der Waals surface area contributed by atoms with Crippen molar-refractivity contribution in [3.05, 3.63) is 34.3 Å². The molecular formula is C14H21BrIN3S. The summed E-state index contributed by atoms with van der Waals surface area (Å²) >= 11 is 5.47. The number of guanidine groups is 1. The van der Waals surface area contributed by atoms with E-state index in [9.17, 15) is 0 Å². The van der Waals surface area contributed by atoms with Gasteiger partial charge >= 0.3 is 0 Å². The molecule has 2 N–H and O–H groups in total. The monoisotopic (exact) mass is 469 g/mol. The van der Waals surface area contributed by atoms with Crippen molar-refractivity contribution in [1.29, 1.82) is 0 Å². The predicted octanol–water partition coefficient (Wildman–Crippen LogP) is 3.63. The maximum absolute atomic E-state index is 4.29. The van der Waals surface area contributed by atoms with Crippen molar-refractivity contribution < 1.29 is 0 Å². The third kappa shape index (κ3) is 6.22. The van der Waals surface area contributed by atoms with E-state index in [1.807, 2.05) is 18.8 Å². The van der Waals surface area contributed by atoms with Crippen LogP contribution in [0.4, 0.5) is 0 Å². The molecule has 0 saturated carbocycles. The molecule has 1 saturated heterocycles. The molecule has 1 atom stereocenters. The zero-order valence-electron chi connectivity index (χ0n) is 11.6. The van der Waals surface area contributed by atoms with Crippen molar-refractivity contribution in [3.8, 4) is 0 Å². The average molecular weight is 470 g/mol. The fraction of sp³-hybridized carbons (Fsp3) is 0.500. The quantitative estimate of drug-likeness (QED) is 0.403. The third-order valence-electron chi connectivity index (χ3n) is 3.10. The topological polar surface area (TPSA) is 36.4 Å². The van der Waals surface area contributed by atoms with Crippen molar-refractivity contribution in [2.24, 2.45) is 4.99 Å². The van der Waals surface area contributed by atoms with E-state index < -0.39 is 0 Å². The van der Waals surface area contributed by atoms with E-state index in [1.165, 1.54) is 29.9 Å². The van der Waals surface area contributed by atoms with Gasteiger partial charge in [0.15, 0.2) is 5.96 Å². The molecule has 0 amide bonds. The number of aliphatic imine (C=N–C) groups is 1. The van der Waals surface area contributed by atoms with E-state index in [4.69, 9.17) is 0 Å². The summed E-state index contributed by atoms with van der Waals surface area (Å²) in [7, 11) is 1.83. The van der Waals surface area contributed by atoms with Crippen LogP contribution >= 0.6 is 51.7 Å². The van der Waals surface area contributed by atoms with Gasteiger partial charge in [-0.25, -0.2) is 0 Å². The minimum Gasteiger partial charge on any atom is -0.353 e. The Morgan fingerprint density at radius 1 is 1.40 bits per heavy atom. The molecule has 1 heterocycles. The van der Waals surface area contributed by atoms with E-state index in [1.54, 1.807) is 0 Å². The molecular weight excluding hydrogens is 449 g/mol. The van der Waals surface area contributed by atoms with Crippen molar-refractivity contribution in [2.75, 3.05) is 18.6 Å². The summed E-state index contributed by atoms with van der Waals surface area (Å²) in [6.07, 6.45) is 2.54. The number of thioether (sulfide) groups is 1. The lowest BCUT2D eigenvalue weighted by molar-refractivity contribution is 0.582. The summed E-state index contributed by atoms with van der Waals surface area (Å²) in [5.74, 6) is 3.37. The van der Waals surface area contributed by atoms with Gasteiger partial charge in [0.2, 0.25) is 0 Å². The average Bonchev–Trinajstić information content (AvgIpc) is 2.46. The maximum atomic E-state index is 4.29. The first-order valence-corrected chi connectivity index (χ1v) is 8.52. The van der Waals surface area contributed by atoms with Gasteiger partial charge in [0.05, 0.1) is 0 Å². The van der Waals surface area contributed by atoms with Crippen LogP contribution in [0.25, 0.3) is 0 Å². The lowest BCUT2D eigenvalue weighted by Gasteiger charge is -2.24. The summed E-state index contributed by atoms with van der Waals surface area (Å²) in [4.78, 5) is 4.29. The summed E-state index contributed by atoms with van der Waals surface area (Å²) in [5, 5.41) is 6.86. The molecule has 6 heteroatoms. The van der Waals surface area contributed by atoms with Gasteiger partial charge in [0, 0.05) is 29.9 Å². The van der Waals surface area contributed by atoms with Crippen LogP contribution in [0.3, 0.4) is 0 Å². The van der Waals surface area contributed by atoms with E-state index in [0.717, 1.165) is 17.0 Å². The Hall–Kier alpha value is 0.0500. The zero-order valence-corrected chi connectivity index (χ0v) is 16.3. The normalized spacial score (nSPS) is 19.1. The highest BCUT2D eigenvalue weighted by atomic mass is 127. The van der Waals surface area contributed by atoms with E-state index in [2.05, 4.69) is 55.8 Å². The first kappa shape index (κ1) is 18.1. The molecule has 2 rings (SSSR count). The van der Waals surface area contributed by atoms with Crippen LogP contribution in [0.15, 0.2) is 33.7 Å². The number of nitrogens with one attached hydrogen (secondary N) is 2. The van der Waals surface area contributed by atoms with Crippen molar-refractivity contribution in [2.45, 2.75) is 25.4 Å². The van der Waals surface area contributed by atoms with Crippen LogP contribution in [-0.2, 0) is 6.54 Å². The fourth-order valence-corrected chi connectivity index (χ4v) is 3.37. The molecule has 20 heavy (non-hydrogen) atoms. The SMILES string of the molecule is CN=C(NCc1ccc(Br)cc1)NC1CCCSC1.I. The molecule has 1 aromatic rings. The van der Waals surface area contributed by atoms with E-state index in [-0.39, 0.29) is 24.0 Å². The van der Waals surface area contributed by atoms with E-state index in [0.29, 0.717) is 6.04 Å². The highest BCUT2D eigenvalue weighted by Gasteiger charge is 2.14. The number of benzene rings is 1. The molecule has 0 bridgehead atoms. The molecule has 1 aromatic carbocycles. The van der Waals surface area contributed by atoms with Gasteiger partial charge in [-0.15, -0.1) is 24.0 Å². The minimum atomic E-state index is 0. The van der Waals surface area contributed by atoms with Gasteiger partial charge in [0.25, 0.3) is 0 Å². The second-order valence-electron chi connectivity index (χ2n) is 4.61.